The Morgan fingerprint density at radius 2 is 1.97 bits per heavy atom. The number of thiocarbonyl (C=S) groups is 1. The molecule has 1 amide bonds. The van der Waals surface area contributed by atoms with E-state index in [1.54, 1.807) is 53.6 Å². The third-order valence-corrected chi connectivity index (χ3v) is 6.28. The summed E-state index contributed by atoms with van der Waals surface area (Å²) in [5.41, 5.74) is 0.270. The maximum absolute atomic E-state index is 13.2. The number of amides is 1. The fourth-order valence-electron chi connectivity index (χ4n) is 3.04. The van der Waals surface area contributed by atoms with Gasteiger partial charge >= 0.3 is 0 Å². The molecule has 31 heavy (non-hydrogen) atoms. The van der Waals surface area contributed by atoms with E-state index in [4.69, 9.17) is 28.6 Å². The van der Waals surface area contributed by atoms with E-state index in [-0.39, 0.29) is 22.9 Å². The number of thioether (sulfide) groups is 1. The Balaban J connectivity index is 1.80. The lowest BCUT2D eigenvalue weighted by Gasteiger charge is -2.13. The van der Waals surface area contributed by atoms with E-state index >= 15 is 0 Å². The Hall–Kier alpha value is -2.68. The largest absolute Gasteiger partial charge is 0.438 e. The highest BCUT2D eigenvalue weighted by Gasteiger charge is 2.32. The predicted octanol–water partition coefficient (Wildman–Crippen LogP) is 5.14. The number of halogens is 1. The van der Waals surface area contributed by atoms with Gasteiger partial charge in [-0.15, -0.1) is 0 Å². The number of benzene rings is 1. The lowest BCUT2D eigenvalue weighted by molar-refractivity contribution is -0.122. The van der Waals surface area contributed by atoms with Crippen molar-refractivity contribution in [2.45, 2.75) is 19.8 Å². The van der Waals surface area contributed by atoms with Gasteiger partial charge in [0.2, 0.25) is 5.88 Å². The number of hydrogen-bond donors (Lipinski definition) is 0. The number of carbonyl (C=O) groups excluding carboxylic acids is 1. The fraction of sp³-hybridized carbons (Fsp3) is 0.182. The molecule has 0 aliphatic carbocycles. The number of unbranched alkanes of at least 4 members (excludes halogenated alkanes) is 1. The summed E-state index contributed by atoms with van der Waals surface area (Å²) >= 11 is 12.5. The van der Waals surface area contributed by atoms with Crippen molar-refractivity contribution in [3.63, 3.8) is 0 Å². The normalized spacial score (nSPS) is 15.3. The standard InChI is InChI=1S/C22H18ClN3O3S2/c1-2-3-11-26-21(28)17(31-22(26)30)13-16-19(29-15-9-7-14(23)8-10-15)24-18-6-4-5-12-25(18)20(16)27/h4-10,12-13H,2-3,11H2,1H3. The molecule has 3 heterocycles. The first kappa shape index (κ1) is 21.5. The molecule has 1 fully saturated rings. The third kappa shape index (κ3) is 4.51. The molecule has 0 N–H and O–H groups in total. The number of ether oxygens (including phenoxy) is 1. The van der Waals surface area contributed by atoms with Crippen molar-refractivity contribution in [2.75, 3.05) is 6.54 Å². The fourth-order valence-corrected chi connectivity index (χ4v) is 4.45. The van der Waals surface area contributed by atoms with E-state index in [1.807, 2.05) is 0 Å². The lowest BCUT2D eigenvalue weighted by Crippen LogP contribution is -2.29. The highest BCUT2D eigenvalue weighted by Crippen LogP contribution is 2.34. The van der Waals surface area contributed by atoms with E-state index in [9.17, 15) is 9.59 Å². The molecule has 0 saturated carbocycles. The van der Waals surface area contributed by atoms with Crippen LogP contribution in [0.1, 0.15) is 25.3 Å². The number of nitrogens with zero attached hydrogens (tertiary/aromatic N) is 3. The van der Waals surface area contributed by atoms with E-state index in [1.165, 1.54) is 22.2 Å². The van der Waals surface area contributed by atoms with E-state index in [0.29, 0.717) is 32.2 Å². The van der Waals surface area contributed by atoms with Gasteiger partial charge in [-0.2, -0.15) is 4.98 Å². The SMILES string of the molecule is CCCCN1C(=O)C(=Cc2c(Oc3ccc(Cl)cc3)nc3ccccn3c2=O)SC1=S. The van der Waals surface area contributed by atoms with Gasteiger partial charge in [0.15, 0.2) is 0 Å². The van der Waals surface area contributed by atoms with Gasteiger partial charge in [0.05, 0.1) is 4.91 Å². The quantitative estimate of drug-likeness (QED) is 0.366. The minimum atomic E-state index is -0.339. The van der Waals surface area contributed by atoms with Crippen molar-refractivity contribution in [3.05, 3.63) is 74.5 Å². The maximum atomic E-state index is 13.2. The molecule has 0 bridgehead atoms. The first-order chi connectivity index (χ1) is 15.0. The van der Waals surface area contributed by atoms with Crippen molar-refractivity contribution in [3.8, 4) is 11.6 Å². The minimum absolute atomic E-state index is 0.109. The van der Waals surface area contributed by atoms with Crippen LogP contribution < -0.4 is 10.3 Å². The summed E-state index contributed by atoms with van der Waals surface area (Å²) in [4.78, 5) is 32.6. The van der Waals surface area contributed by atoms with Crippen LogP contribution in [0.4, 0.5) is 0 Å². The summed E-state index contributed by atoms with van der Waals surface area (Å²) in [5.74, 6) is 0.373. The van der Waals surface area contributed by atoms with Crippen LogP contribution in [-0.4, -0.2) is 31.1 Å². The van der Waals surface area contributed by atoms with Crippen molar-refractivity contribution < 1.29 is 9.53 Å². The average molecular weight is 472 g/mol. The van der Waals surface area contributed by atoms with E-state index in [2.05, 4.69) is 11.9 Å². The Bertz CT molecular complexity index is 1260. The van der Waals surface area contributed by atoms with Crippen LogP contribution in [0.5, 0.6) is 11.6 Å². The minimum Gasteiger partial charge on any atom is -0.438 e. The molecule has 9 heteroatoms. The predicted molar refractivity (Wildman–Crippen MR) is 128 cm³/mol. The summed E-state index contributed by atoms with van der Waals surface area (Å²) in [6.07, 6.45) is 4.95. The smallest absolute Gasteiger partial charge is 0.269 e. The van der Waals surface area contributed by atoms with Crippen molar-refractivity contribution >= 4 is 57.5 Å². The van der Waals surface area contributed by atoms with Crippen LogP contribution in [0.3, 0.4) is 0 Å². The lowest BCUT2D eigenvalue weighted by atomic mass is 10.2. The molecule has 1 saturated heterocycles. The monoisotopic (exact) mass is 471 g/mol. The first-order valence-corrected chi connectivity index (χ1v) is 11.3. The van der Waals surface area contributed by atoms with Crippen LogP contribution in [0.25, 0.3) is 11.7 Å². The molecule has 1 aromatic carbocycles. The van der Waals surface area contributed by atoms with Crippen molar-refractivity contribution in [1.29, 1.82) is 0 Å². The van der Waals surface area contributed by atoms with Gasteiger partial charge in [-0.1, -0.05) is 55.0 Å². The Morgan fingerprint density at radius 3 is 2.71 bits per heavy atom. The summed E-state index contributed by atoms with van der Waals surface area (Å²) in [6.45, 7) is 2.61. The van der Waals surface area contributed by atoms with Gasteiger partial charge < -0.3 is 4.74 Å². The second kappa shape index (κ2) is 9.21. The highest BCUT2D eigenvalue weighted by atomic mass is 35.5. The summed E-state index contributed by atoms with van der Waals surface area (Å²) in [6, 6.07) is 12.0. The molecule has 0 unspecified atom stereocenters. The highest BCUT2D eigenvalue weighted by molar-refractivity contribution is 8.26. The maximum Gasteiger partial charge on any atom is 0.269 e. The molecule has 3 aromatic rings. The zero-order valence-corrected chi connectivity index (χ0v) is 19.0. The number of carbonyl (C=O) groups is 1. The summed E-state index contributed by atoms with van der Waals surface area (Å²) in [5, 5.41) is 0.565. The average Bonchev–Trinajstić information content (AvgIpc) is 3.03. The second-order valence-corrected chi connectivity index (χ2v) is 8.92. The molecule has 1 aliphatic heterocycles. The van der Waals surface area contributed by atoms with Gasteiger partial charge in [-0.25, -0.2) is 0 Å². The van der Waals surface area contributed by atoms with Gasteiger partial charge in [0.25, 0.3) is 11.5 Å². The molecule has 1 aliphatic rings. The van der Waals surface area contributed by atoms with Crippen LogP contribution in [0.2, 0.25) is 5.02 Å². The van der Waals surface area contributed by atoms with Crippen molar-refractivity contribution in [2.24, 2.45) is 0 Å². The topological polar surface area (TPSA) is 63.9 Å². The van der Waals surface area contributed by atoms with Crippen LogP contribution in [0, 0.1) is 0 Å². The molecule has 0 radical (unpaired) electrons. The molecule has 0 spiro atoms. The van der Waals surface area contributed by atoms with Crippen LogP contribution >= 0.6 is 35.6 Å². The number of aromatic nitrogens is 2. The number of hydrogen-bond acceptors (Lipinski definition) is 6. The molecule has 6 nitrogen and oxygen atoms in total. The van der Waals surface area contributed by atoms with Crippen LogP contribution in [-0.2, 0) is 4.79 Å². The molecule has 4 rings (SSSR count). The molecular weight excluding hydrogens is 454 g/mol. The molecule has 2 aromatic heterocycles. The Morgan fingerprint density at radius 1 is 1.19 bits per heavy atom. The molecule has 158 valence electrons. The van der Waals surface area contributed by atoms with Crippen LogP contribution in [0.15, 0.2) is 58.4 Å². The van der Waals surface area contributed by atoms with Gasteiger partial charge in [-0.3, -0.25) is 18.9 Å². The number of pyridine rings is 1. The van der Waals surface area contributed by atoms with Gasteiger partial charge in [0.1, 0.15) is 21.3 Å². The second-order valence-electron chi connectivity index (χ2n) is 6.81. The zero-order valence-electron chi connectivity index (χ0n) is 16.6. The van der Waals surface area contributed by atoms with E-state index in [0.717, 1.165) is 12.8 Å². The molecule has 0 atom stereocenters. The Labute approximate surface area is 193 Å². The summed E-state index contributed by atoms with van der Waals surface area (Å²) < 4.78 is 7.82. The van der Waals surface area contributed by atoms with Gasteiger partial charge in [0, 0.05) is 17.8 Å². The summed E-state index contributed by atoms with van der Waals surface area (Å²) in [7, 11) is 0. The van der Waals surface area contributed by atoms with Crippen molar-refractivity contribution in [1.82, 2.24) is 14.3 Å². The number of rotatable bonds is 6. The Kier molecular flexibility index (Phi) is 6.41. The molecular formula is C22H18ClN3O3S2. The van der Waals surface area contributed by atoms with E-state index < -0.39 is 0 Å². The third-order valence-electron chi connectivity index (χ3n) is 4.65. The zero-order chi connectivity index (χ0) is 22.0. The van der Waals surface area contributed by atoms with Gasteiger partial charge in [-0.05, 0) is 48.9 Å². The number of fused-ring (bicyclic) bond motifs is 1. The first-order valence-electron chi connectivity index (χ1n) is 9.68.